The first kappa shape index (κ1) is 15.6. The molecule has 0 N–H and O–H groups in total. The van der Waals surface area contributed by atoms with E-state index in [9.17, 15) is 4.79 Å². The Hall–Kier alpha value is -2.33. The first-order chi connectivity index (χ1) is 11.1. The second-order valence-corrected chi connectivity index (χ2v) is 5.73. The van der Waals surface area contributed by atoms with Gasteiger partial charge in [-0.3, -0.25) is 0 Å². The van der Waals surface area contributed by atoms with Crippen molar-refractivity contribution in [3.63, 3.8) is 0 Å². The lowest BCUT2D eigenvalue weighted by molar-refractivity contribution is -0.0794. The molecule has 120 valence electrons. The summed E-state index contributed by atoms with van der Waals surface area (Å²) in [5, 5.41) is 0. The minimum atomic E-state index is -0.368. The summed E-state index contributed by atoms with van der Waals surface area (Å²) in [7, 11) is 1.38. The molecule has 1 fully saturated rings. The Balaban J connectivity index is 2.07. The zero-order valence-electron chi connectivity index (χ0n) is 13.6. The van der Waals surface area contributed by atoms with Gasteiger partial charge in [0.15, 0.2) is 0 Å². The number of hydrogen-bond acceptors (Lipinski definition) is 4. The molecule has 1 heterocycles. The summed E-state index contributed by atoms with van der Waals surface area (Å²) in [5.41, 5.74) is 4.99. The van der Waals surface area contributed by atoms with Crippen LogP contribution in [0.1, 0.15) is 21.5 Å². The van der Waals surface area contributed by atoms with E-state index in [1.807, 2.05) is 12.1 Å². The van der Waals surface area contributed by atoms with E-state index in [0.29, 0.717) is 24.5 Å². The number of methoxy groups -OCH3 is 1. The normalized spacial score (nSPS) is 14.2. The number of hydrogen-bond donors (Lipinski definition) is 0. The summed E-state index contributed by atoms with van der Waals surface area (Å²) < 4.78 is 16.0. The van der Waals surface area contributed by atoms with Gasteiger partial charge in [0.1, 0.15) is 11.9 Å². The number of rotatable bonds is 4. The van der Waals surface area contributed by atoms with Crippen molar-refractivity contribution in [2.24, 2.45) is 0 Å². The molecule has 0 amide bonds. The minimum absolute atomic E-state index is 0.0340. The average molecular weight is 312 g/mol. The van der Waals surface area contributed by atoms with Crippen molar-refractivity contribution in [3.05, 3.63) is 53.1 Å². The van der Waals surface area contributed by atoms with Gasteiger partial charge in [0.2, 0.25) is 0 Å². The molecule has 2 aromatic rings. The van der Waals surface area contributed by atoms with E-state index in [1.54, 1.807) is 12.1 Å². The maximum atomic E-state index is 11.8. The molecule has 1 saturated heterocycles. The van der Waals surface area contributed by atoms with Crippen LogP contribution in [0.5, 0.6) is 5.75 Å². The highest BCUT2D eigenvalue weighted by molar-refractivity contribution is 5.91. The predicted molar refractivity (Wildman–Crippen MR) is 87.9 cm³/mol. The topological polar surface area (TPSA) is 44.8 Å². The fourth-order valence-corrected chi connectivity index (χ4v) is 2.59. The van der Waals surface area contributed by atoms with Crippen molar-refractivity contribution in [2.75, 3.05) is 20.3 Å². The van der Waals surface area contributed by atoms with Crippen LogP contribution >= 0.6 is 0 Å². The monoisotopic (exact) mass is 312 g/mol. The minimum Gasteiger partial charge on any atom is -0.485 e. The largest absolute Gasteiger partial charge is 0.485 e. The molecule has 0 spiro atoms. The van der Waals surface area contributed by atoms with Crippen LogP contribution in [-0.4, -0.2) is 32.4 Å². The van der Waals surface area contributed by atoms with Crippen molar-refractivity contribution in [3.8, 4) is 16.9 Å². The molecule has 1 aliphatic heterocycles. The lowest BCUT2D eigenvalue weighted by Gasteiger charge is -2.28. The highest BCUT2D eigenvalue weighted by atomic mass is 16.6. The third-order valence-corrected chi connectivity index (χ3v) is 4.20. The van der Waals surface area contributed by atoms with Gasteiger partial charge in [0, 0.05) is 5.56 Å². The Bertz CT molecular complexity index is 732. The van der Waals surface area contributed by atoms with Crippen LogP contribution in [0.25, 0.3) is 11.1 Å². The Labute approximate surface area is 136 Å². The summed E-state index contributed by atoms with van der Waals surface area (Å²) in [6.07, 6.45) is 0.0340. The van der Waals surface area contributed by atoms with Gasteiger partial charge in [0.25, 0.3) is 0 Å². The zero-order chi connectivity index (χ0) is 16.4. The number of ether oxygens (including phenoxy) is 3. The number of carbonyl (C=O) groups excluding carboxylic acids is 1. The summed E-state index contributed by atoms with van der Waals surface area (Å²) in [6.45, 7) is 5.33. The van der Waals surface area contributed by atoms with Crippen LogP contribution in [0.15, 0.2) is 36.4 Å². The van der Waals surface area contributed by atoms with E-state index < -0.39 is 0 Å². The smallest absolute Gasteiger partial charge is 0.337 e. The van der Waals surface area contributed by atoms with E-state index >= 15 is 0 Å². The van der Waals surface area contributed by atoms with E-state index in [0.717, 1.165) is 11.1 Å². The van der Waals surface area contributed by atoms with Gasteiger partial charge < -0.3 is 14.2 Å². The summed E-state index contributed by atoms with van der Waals surface area (Å²) in [4.78, 5) is 11.8. The van der Waals surface area contributed by atoms with Gasteiger partial charge in [0.05, 0.1) is 25.9 Å². The molecule has 0 radical (unpaired) electrons. The second-order valence-electron chi connectivity index (χ2n) is 5.73. The van der Waals surface area contributed by atoms with Crippen LogP contribution in [0.4, 0.5) is 0 Å². The van der Waals surface area contributed by atoms with Gasteiger partial charge in [-0.2, -0.15) is 0 Å². The second kappa shape index (κ2) is 6.42. The summed E-state index contributed by atoms with van der Waals surface area (Å²) >= 11 is 0. The molecule has 0 aromatic heterocycles. The van der Waals surface area contributed by atoms with Crippen molar-refractivity contribution < 1.29 is 19.0 Å². The van der Waals surface area contributed by atoms with Crippen LogP contribution in [0.3, 0.4) is 0 Å². The lowest BCUT2D eigenvalue weighted by Crippen LogP contribution is -2.38. The molecular formula is C19H20O4. The van der Waals surface area contributed by atoms with E-state index in [1.165, 1.54) is 18.2 Å². The molecule has 0 aliphatic carbocycles. The third-order valence-electron chi connectivity index (χ3n) is 4.20. The highest BCUT2D eigenvalue weighted by Crippen LogP contribution is 2.35. The van der Waals surface area contributed by atoms with E-state index in [2.05, 4.69) is 26.0 Å². The van der Waals surface area contributed by atoms with Gasteiger partial charge in [-0.25, -0.2) is 4.79 Å². The molecule has 0 bridgehead atoms. The van der Waals surface area contributed by atoms with Crippen LogP contribution in [0.2, 0.25) is 0 Å². The summed E-state index contributed by atoms with van der Waals surface area (Å²) in [6, 6.07) is 11.6. The quantitative estimate of drug-likeness (QED) is 0.810. The Kier molecular flexibility index (Phi) is 4.35. The molecule has 4 nitrogen and oxygen atoms in total. The van der Waals surface area contributed by atoms with Gasteiger partial charge in [-0.1, -0.05) is 18.2 Å². The maximum Gasteiger partial charge on any atom is 0.337 e. The van der Waals surface area contributed by atoms with Crippen molar-refractivity contribution in [1.29, 1.82) is 0 Å². The molecular weight excluding hydrogens is 292 g/mol. The van der Waals surface area contributed by atoms with Crippen LogP contribution in [-0.2, 0) is 9.47 Å². The average Bonchev–Trinajstić information content (AvgIpc) is 2.53. The summed E-state index contributed by atoms with van der Waals surface area (Å²) in [5.74, 6) is 0.321. The van der Waals surface area contributed by atoms with Gasteiger partial charge >= 0.3 is 5.97 Å². The molecule has 3 rings (SSSR count). The molecule has 2 aromatic carbocycles. The van der Waals surface area contributed by atoms with Crippen LogP contribution < -0.4 is 4.74 Å². The van der Waals surface area contributed by atoms with Crippen LogP contribution in [0, 0.1) is 13.8 Å². The number of carbonyl (C=O) groups is 1. The number of benzene rings is 2. The molecule has 23 heavy (non-hydrogen) atoms. The zero-order valence-corrected chi connectivity index (χ0v) is 13.6. The molecule has 0 unspecified atom stereocenters. The Morgan fingerprint density at radius 2 is 1.91 bits per heavy atom. The first-order valence-corrected chi connectivity index (χ1v) is 7.63. The fraction of sp³-hybridized carbons (Fsp3) is 0.316. The maximum absolute atomic E-state index is 11.8. The lowest BCUT2D eigenvalue weighted by atomic mass is 9.95. The molecule has 4 heteroatoms. The van der Waals surface area contributed by atoms with Crippen molar-refractivity contribution in [1.82, 2.24) is 0 Å². The van der Waals surface area contributed by atoms with Gasteiger partial charge in [-0.05, 0) is 48.7 Å². The standard InChI is InChI=1S/C19H20O4/c1-12-5-4-6-16(13(12)2)17-8-7-14(19(20)21-3)9-18(17)23-15-10-22-11-15/h4-9,15H,10-11H2,1-3H3. The highest BCUT2D eigenvalue weighted by Gasteiger charge is 2.23. The number of aryl methyl sites for hydroxylation is 1. The molecule has 0 atom stereocenters. The van der Waals surface area contributed by atoms with Crippen molar-refractivity contribution in [2.45, 2.75) is 20.0 Å². The van der Waals surface area contributed by atoms with E-state index in [4.69, 9.17) is 14.2 Å². The predicted octanol–water partition coefficient (Wildman–Crippen LogP) is 3.53. The van der Waals surface area contributed by atoms with Gasteiger partial charge in [-0.15, -0.1) is 0 Å². The van der Waals surface area contributed by atoms with E-state index in [-0.39, 0.29) is 12.1 Å². The SMILES string of the molecule is COC(=O)c1ccc(-c2cccc(C)c2C)c(OC2COC2)c1. The van der Waals surface area contributed by atoms with Crippen molar-refractivity contribution >= 4 is 5.97 Å². The third kappa shape index (κ3) is 3.08. The first-order valence-electron chi connectivity index (χ1n) is 7.63. The Morgan fingerprint density at radius 3 is 2.57 bits per heavy atom. The Morgan fingerprint density at radius 1 is 1.13 bits per heavy atom. The fourth-order valence-electron chi connectivity index (χ4n) is 2.59. The number of esters is 1. The molecule has 1 aliphatic rings. The molecule has 0 saturated carbocycles.